The van der Waals surface area contributed by atoms with Crippen molar-refractivity contribution >= 4 is 51.9 Å². The van der Waals surface area contributed by atoms with Crippen LogP contribution in [0.2, 0.25) is 5.02 Å². The number of nitrogens with zero attached hydrogens (tertiary/aromatic N) is 1. The molecule has 1 amide bonds. The fourth-order valence-corrected chi connectivity index (χ4v) is 4.70. The molecule has 0 fully saturated rings. The Bertz CT molecular complexity index is 1530. The minimum Gasteiger partial charge on any atom is -0.490 e. The fraction of sp³-hybridized carbons (Fsp3) is 0.125. The highest BCUT2D eigenvalue weighted by Gasteiger charge is 2.15. The first-order chi connectivity index (χ1) is 19.5. The molecule has 0 saturated heterocycles. The van der Waals surface area contributed by atoms with E-state index in [1.54, 1.807) is 30.3 Å². The van der Waals surface area contributed by atoms with Crippen LogP contribution in [0.1, 0.15) is 23.6 Å². The molecule has 40 heavy (non-hydrogen) atoms. The van der Waals surface area contributed by atoms with Crippen LogP contribution in [0.25, 0.3) is 6.08 Å². The zero-order valence-electron chi connectivity index (χ0n) is 21.7. The summed E-state index contributed by atoms with van der Waals surface area (Å²) in [5.74, 6) is 1.26. The van der Waals surface area contributed by atoms with Crippen LogP contribution >= 0.6 is 34.2 Å². The van der Waals surface area contributed by atoms with Gasteiger partial charge in [-0.2, -0.15) is 5.26 Å². The van der Waals surface area contributed by atoms with Crippen molar-refractivity contribution < 1.29 is 19.0 Å². The lowest BCUT2D eigenvalue weighted by atomic mass is 10.1. The predicted molar refractivity (Wildman–Crippen MR) is 166 cm³/mol. The van der Waals surface area contributed by atoms with Crippen molar-refractivity contribution in [2.75, 3.05) is 11.9 Å². The largest absolute Gasteiger partial charge is 0.490 e. The normalized spacial score (nSPS) is 10.9. The number of carbonyl (C=O) groups excluding carboxylic acids is 1. The number of amides is 1. The Balaban J connectivity index is 1.44. The average molecular weight is 665 g/mol. The van der Waals surface area contributed by atoms with E-state index in [2.05, 4.69) is 27.9 Å². The van der Waals surface area contributed by atoms with Crippen molar-refractivity contribution in [3.05, 3.63) is 122 Å². The van der Waals surface area contributed by atoms with E-state index in [1.807, 2.05) is 73.7 Å². The molecule has 0 heterocycles. The van der Waals surface area contributed by atoms with Crippen LogP contribution in [0, 0.1) is 14.9 Å². The molecule has 0 aliphatic rings. The topological polar surface area (TPSA) is 80.6 Å². The van der Waals surface area contributed by atoms with Crippen LogP contribution in [0.5, 0.6) is 17.2 Å². The second-order valence-electron chi connectivity index (χ2n) is 8.57. The summed E-state index contributed by atoms with van der Waals surface area (Å²) in [6.07, 6.45) is 1.53. The standard InChI is InChI=1S/C32H26ClIN2O4/c1-2-38-30-18-23(17-29(34)31(30)40-20-22-8-4-3-5-9-22)16-25(19-35)32(37)36-26-12-14-27(15-13-26)39-21-24-10-6-7-11-28(24)33/h3-18H,2,20-21H2,1H3,(H,36,37)/b25-16+. The molecule has 0 aliphatic heterocycles. The zero-order valence-corrected chi connectivity index (χ0v) is 24.6. The van der Waals surface area contributed by atoms with Gasteiger partial charge in [-0.1, -0.05) is 60.1 Å². The minimum atomic E-state index is -0.524. The Morgan fingerprint density at radius 3 is 2.38 bits per heavy atom. The first-order valence-electron chi connectivity index (χ1n) is 12.5. The molecule has 0 saturated carbocycles. The smallest absolute Gasteiger partial charge is 0.266 e. The number of rotatable bonds is 11. The van der Waals surface area contributed by atoms with Crippen LogP contribution in [0.3, 0.4) is 0 Å². The number of ether oxygens (including phenoxy) is 3. The number of hydrogen-bond acceptors (Lipinski definition) is 5. The van der Waals surface area contributed by atoms with Crippen LogP contribution < -0.4 is 19.5 Å². The summed E-state index contributed by atoms with van der Waals surface area (Å²) in [5, 5.41) is 13.1. The molecule has 0 atom stereocenters. The van der Waals surface area contributed by atoms with E-state index in [-0.39, 0.29) is 5.57 Å². The maximum Gasteiger partial charge on any atom is 0.266 e. The molecule has 0 aromatic heterocycles. The van der Waals surface area contributed by atoms with Crippen LogP contribution in [-0.2, 0) is 18.0 Å². The van der Waals surface area contributed by atoms with Gasteiger partial charge in [-0.05, 0) is 89.2 Å². The van der Waals surface area contributed by atoms with E-state index in [0.29, 0.717) is 53.3 Å². The molecular formula is C32H26ClIN2O4. The zero-order chi connectivity index (χ0) is 28.3. The lowest BCUT2D eigenvalue weighted by molar-refractivity contribution is -0.112. The van der Waals surface area contributed by atoms with Gasteiger partial charge in [-0.25, -0.2) is 0 Å². The third kappa shape index (κ3) is 8.01. The Kier molecular flexibility index (Phi) is 10.4. The highest BCUT2D eigenvalue weighted by Crippen LogP contribution is 2.35. The number of nitriles is 1. The molecule has 0 bridgehead atoms. The Morgan fingerprint density at radius 2 is 1.68 bits per heavy atom. The number of benzene rings is 4. The first kappa shape index (κ1) is 29.0. The van der Waals surface area contributed by atoms with E-state index in [0.717, 1.165) is 14.7 Å². The summed E-state index contributed by atoms with van der Waals surface area (Å²) in [4.78, 5) is 12.9. The van der Waals surface area contributed by atoms with Crippen LogP contribution in [-0.4, -0.2) is 12.5 Å². The third-order valence-corrected chi connectivity index (χ3v) is 6.87. The monoisotopic (exact) mass is 664 g/mol. The van der Waals surface area contributed by atoms with E-state index in [9.17, 15) is 10.1 Å². The maximum atomic E-state index is 12.9. The number of nitrogens with one attached hydrogen (secondary N) is 1. The van der Waals surface area contributed by atoms with Gasteiger partial charge in [-0.15, -0.1) is 0 Å². The van der Waals surface area contributed by atoms with E-state index in [4.69, 9.17) is 25.8 Å². The summed E-state index contributed by atoms with van der Waals surface area (Å²) in [7, 11) is 0. The second kappa shape index (κ2) is 14.4. The molecule has 0 radical (unpaired) electrons. The maximum absolute atomic E-state index is 12.9. The predicted octanol–water partition coefficient (Wildman–Crippen LogP) is 8.05. The second-order valence-corrected chi connectivity index (χ2v) is 10.1. The molecule has 0 aliphatic carbocycles. The molecule has 8 heteroatoms. The first-order valence-corrected chi connectivity index (χ1v) is 13.9. The molecule has 1 N–H and O–H groups in total. The van der Waals surface area contributed by atoms with E-state index < -0.39 is 5.91 Å². The van der Waals surface area contributed by atoms with Gasteiger partial charge in [0.05, 0.1) is 10.2 Å². The summed E-state index contributed by atoms with van der Waals surface area (Å²) in [6.45, 7) is 3.04. The SMILES string of the molecule is CCOc1cc(/C=C(\C#N)C(=O)Nc2ccc(OCc3ccccc3Cl)cc2)cc(I)c1OCc1ccccc1. The van der Waals surface area contributed by atoms with Gasteiger partial charge in [0.1, 0.15) is 30.6 Å². The van der Waals surface area contributed by atoms with Gasteiger partial charge >= 0.3 is 0 Å². The van der Waals surface area contributed by atoms with Crippen molar-refractivity contribution in [2.24, 2.45) is 0 Å². The third-order valence-electron chi connectivity index (χ3n) is 5.70. The lowest BCUT2D eigenvalue weighted by Crippen LogP contribution is -2.13. The van der Waals surface area contributed by atoms with Gasteiger partial charge in [0.25, 0.3) is 5.91 Å². The Labute approximate surface area is 252 Å². The molecule has 0 spiro atoms. The van der Waals surface area contributed by atoms with E-state index >= 15 is 0 Å². The van der Waals surface area contributed by atoms with Gasteiger partial charge in [0.2, 0.25) is 0 Å². The molecule has 4 aromatic rings. The minimum absolute atomic E-state index is 0.0461. The number of carbonyl (C=O) groups is 1. The number of halogens is 2. The molecule has 6 nitrogen and oxygen atoms in total. The lowest BCUT2D eigenvalue weighted by Gasteiger charge is -2.15. The van der Waals surface area contributed by atoms with Gasteiger partial charge in [0.15, 0.2) is 11.5 Å². The van der Waals surface area contributed by atoms with E-state index in [1.165, 1.54) is 6.08 Å². The summed E-state index contributed by atoms with van der Waals surface area (Å²) in [5.41, 5.74) is 3.05. The van der Waals surface area contributed by atoms with Gasteiger partial charge < -0.3 is 19.5 Å². The average Bonchev–Trinajstić information content (AvgIpc) is 2.96. The molecule has 4 aromatic carbocycles. The Morgan fingerprint density at radius 1 is 0.950 bits per heavy atom. The van der Waals surface area contributed by atoms with Crippen molar-refractivity contribution in [1.29, 1.82) is 5.26 Å². The summed E-state index contributed by atoms with van der Waals surface area (Å²) in [6, 6.07) is 29.8. The summed E-state index contributed by atoms with van der Waals surface area (Å²) < 4.78 is 18.5. The molecule has 0 unspecified atom stereocenters. The van der Waals surface area contributed by atoms with Crippen molar-refractivity contribution in [1.82, 2.24) is 0 Å². The van der Waals surface area contributed by atoms with Gasteiger partial charge in [0, 0.05) is 16.3 Å². The van der Waals surface area contributed by atoms with Crippen molar-refractivity contribution in [2.45, 2.75) is 20.1 Å². The summed E-state index contributed by atoms with van der Waals surface area (Å²) >= 11 is 8.35. The number of hydrogen-bond donors (Lipinski definition) is 1. The Hall–Kier alpha value is -4.00. The van der Waals surface area contributed by atoms with Gasteiger partial charge in [-0.3, -0.25) is 4.79 Å². The van der Waals surface area contributed by atoms with Crippen LogP contribution in [0.4, 0.5) is 5.69 Å². The van der Waals surface area contributed by atoms with Crippen molar-refractivity contribution in [3.8, 4) is 23.3 Å². The fourth-order valence-electron chi connectivity index (χ4n) is 3.73. The number of anilines is 1. The molecular weight excluding hydrogens is 639 g/mol. The highest BCUT2D eigenvalue weighted by atomic mass is 127. The molecule has 4 rings (SSSR count). The molecule has 202 valence electrons. The highest BCUT2D eigenvalue weighted by molar-refractivity contribution is 14.1. The quantitative estimate of drug-likeness (QED) is 0.0997. The van der Waals surface area contributed by atoms with Crippen molar-refractivity contribution in [3.63, 3.8) is 0 Å². The van der Waals surface area contributed by atoms with Crippen LogP contribution in [0.15, 0.2) is 96.6 Å².